The highest BCUT2D eigenvalue weighted by molar-refractivity contribution is 9.10. The number of hydroxylamine groups is 2. The molecule has 0 atom stereocenters. The first-order valence-electron chi connectivity index (χ1n) is 10.9. The lowest BCUT2D eigenvalue weighted by Crippen LogP contribution is -2.38. The Hall–Kier alpha value is -2.29. The van der Waals surface area contributed by atoms with Crippen LogP contribution in [-0.2, 0) is 19.5 Å². The van der Waals surface area contributed by atoms with Crippen LogP contribution >= 0.6 is 15.9 Å². The number of fused-ring (bicyclic) bond motifs is 1. The lowest BCUT2D eigenvalue weighted by atomic mass is 9.88. The van der Waals surface area contributed by atoms with Crippen molar-refractivity contribution in [1.82, 2.24) is 10.0 Å². The van der Waals surface area contributed by atoms with E-state index in [0.29, 0.717) is 17.6 Å². The Kier molecular flexibility index (Phi) is 6.62. The van der Waals surface area contributed by atoms with Crippen molar-refractivity contribution in [3.63, 3.8) is 0 Å². The Labute approximate surface area is 203 Å². The molecule has 1 aliphatic rings. The summed E-state index contributed by atoms with van der Waals surface area (Å²) >= 11 is 3.34. The summed E-state index contributed by atoms with van der Waals surface area (Å²) in [6, 6.07) is 14.3. The van der Waals surface area contributed by atoms with E-state index in [1.54, 1.807) is 35.4 Å². The Balaban J connectivity index is 1.56. The number of nitrogens with zero attached hydrogens (tertiary/aromatic N) is 2. The number of aromatic nitrogens is 1. The molecule has 4 rings (SSSR count). The highest BCUT2D eigenvalue weighted by Gasteiger charge is 2.29. The fourth-order valence-electron chi connectivity index (χ4n) is 3.92. The Morgan fingerprint density at radius 2 is 1.76 bits per heavy atom. The molecule has 33 heavy (non-hydrogen) atoms. The van der Waals surface area contributed by atoms with Crippen molar-refractivity contribution in [1.29, 1.82) is 0 Å². The summed E-state index contributed by atoms with van der Waals surface area (Å²) in [6.45, 7) is 6.83. The number of carbonyl (C=O) groups is 1. The molecule has 1 aromatic heterocycles. The van der Waals surface area contributed by atoms with Crippen LogP contribution in [0.25, 0.3) is 10.9 Å². The van der Waals surface area contributed by atoms with Crippen LogP contribution < -0.4 is 0 Å². The molecule has 8 heteroatoms. The van der Waals surface area contributed by atoms with Crippen molar-refractivity contribution < 1.29 is 18.0 Å². The van der Waals surface area contributed by atoms with Crippen molar-refractivity contribution in [2.75, 3.05) is 13.1 Å². The van der Waals surface area contributed by atoms with Crippen molar-refractivity contribution in [2.24, 2.45) is 5.41 Å². The van der Waals surface area contributed by atoms with Gasteiger partial charge in [-0.15, -0.1) is 5.06 Å². The number of para-hydroxylation sites is 1. The predicted molar refractivity (Wildman–Crippen MR) is 130 cm³/mol. The maximum absolute atomic E-state index is 13.1. The maximum Gasteiger partial charge on any atom is 0.330 e. The van der Waals surface area contributed by atoms with Crippen molar-refractivity contribution in [3.8, 4) is 0 Å². The predicted octanol–water partition coefficient (Wildman–Crippen LogP) is 5.51. The number of rotatable bonds is 4. The van der Waals surface area contributed by atoms with Gasteiger partial charge in [0.1, 0.15) is 0 Å². The Morgan fingerprint density at radius 1 is 1.06 bits per heavy atom. The second-order valence-electron chi connectivity index (χ2n) is 9.38. The SMILES string of the molecule is CC(C)(C)C(=O)ON1CCC(c2cccc3cc(S(=O)(=O)c4cccc(Br)c4)cnc23)CC1. The first kappa shape index (κ1) is 23.9. The quantitative estimate of drug-likeness (QED) is 0.442. The van der Waals surface area contributed by atoms with Crippen LogP contribution in [0.2, 0.25) is 0 Å². The van der Waals surface area contributed by atoms with Gasteiger partial charge in [0.15, 0.2) is 0 Å². The van der Waals surface area contributed by atoms with E-state index in [2.05, 4.69) is 27.0 Å². The number of piperidine rings is 1. The number of sulfone groups is 1. The molecule has 0 unspecified atom stereocenters. The van der Waals surface area contributed by atoms with E-state index in [1.807, 2.05) is 32.9 Å². The molecule has 6 nitrogen and oxygen atoms in total. The van der Waals surface area contributed by atoms with Crippen LogP contribution in [0.15, 0.2) is 69.0 Å². The van der Waals surface area contributed by atoms with Gasteiger partial charge in [-0.1, -0.05) is 40.2 Å². The van der Waals surface area contributed by atoms with Crippen molar-refractivity contribution in [3.05, 3.63) is 64.8 Å². The average molecular weight is 531 g/mol. The van der Waals surface area contributed by atoms with Gasteiger partial charge in [0, 0.05) is 29.1 Å². The van der Waals surface area contributed by atoms with E-state index in [0.717, 1.165) is 29.3 Å². The molecule has 0 amide bonds. The molecule has 2 heterocycles. The number of hydrogen-bond acceptors (Lipinski definition) is 6. The third kappa shape index (κ3) is 5.13. The summed E-state index contributed by atoms with van der Waals surface area (Å²) in [6.07, 6.45) is 3.11. The summed E-state index contributed by atoms with van der Waals surface area (Å²) in [7, 11) is -3.67. The summed E-state index contributed by atoms with van der Waals surface area (Å²) in [5.41, 5.74) is 1.38. The molecule has 0 radical (unpaired) electrons. The molecule has 2 aromatic carbocycles. The van der Waals surface area contributed by atoms with Crippen LogP contribution in [0.3, 0.4) is 0 Å². The highest BCUT2D eigenvalue weighted by Crippen LogP contribution is 2.34. The molecule has 0 bridgehead atoms. The van der Waals surface area contributed by atoms with Crippen LogP contribution in [0.1, 0.15) is 45.1 Å². The van der Waals surface area contributed by atoms with Gasteiger partial charge in [0.05, 0.1) is 20.7 Å². The molecular weight excluding hydrogens is 504 g/mol. The smallest absolute Gasteiger partial charge is 0.330 e. The third-order valence-corrected chi connectivity index (χ3v) is 8.06. The number of pyridine rings is 1. The van der Waals surface area contributed by atoms with E-state index >= 15 is 0 Å². The van der Waals surface area contributed by atoms with Crippen LogP contribution in [-0.4, -0.2) is 37.5 Å². The molecule has 1 fully saturated rings. The van der Waals surface area contributed by atoms with Gasteiger partial charge >= 0.3 is 5.97 Å². The van der Waals surface area contributed by atoms with E-state index in [1.165, 1.54) is 6.20 Å². The molecule has 1 aliphatic heterocycles. The number of halogens is 1. The normalized spacial score (nSPS) is 16.1. The summed E-state index contributed by atoms with van der Waals surface area (Å²) in [4.78, 5) is 22.7. The summed E-state index contributed by atoms with van der Waals surface area (Å²) in [5, 5.41) is 2.54. The van der Waals surface area contributed by atoms with Gasteiger partial charge in [-0.05, 0) is 69.4 Å². The van der Waals surface area contributed by atoms with E-state index < -0.39 is 15.3 Å². The minimum absolute atomic E-state index is 0.175. The first-order valence-corrected chi connectivity index (χ1v) is 13.2. The Bertz CT molecular complexity index is 1290. The number of hydrogen-bond donors (Lipinski definition) is 0. The molecule has 1 saturated heterocycles. The standard InChI is InChI=1S/C25H27BrN2O4S/c1-25(2,3)24(29)32-28-12-10-17(11-13-28)22-9-4-6-18-14-21(16-27-23(18)22)33(30,31)20-8-5-7-19(26)15-20/h4-9,14-17H,10-13H2,1-3H3. The van der Waals surface area contributed by atoms with Gasteiger partial charge < -0.3 is 4.84 Å². The van der Waals surface area contributed by atoms with Gasteiger partial charge in [-0.25, -0.2) is 13.2 Å². The monoisotopic (exact) mass is 530 g/mol. The maximum atomic E-state index is 13.1. The number of benzene rings is 2. The third-order valence-electron chi connectivity index (χ3n) is 5.85. The minimum atomic E-state index is -3.67. The highest BCUT2D eigenvalue weighted by atomic mass is 79.9. The zero-order chi connectivity index (χ0) is 23.8. The fourth-order valence-corrected chi connectivity index (χ4v) is 5.76. The van der Waals surface area contributed by atoms with Crippen LogP contribution in [0.5, 0.6) is 0 Å². The zero-order valence-corrected chi connectivity index (χ0v) is 21.3. The van der Waals surface area contributed by atoms with Gasteiger partial charge in [-0.2, -0.15) is 0 Å². The Morgan fingerprint density at radius 3 is 2.42 bits per heavy atom. The lowest BCUT2D eigenvalue weighted by molar-refractivity contribution is -0.204. The number of carbonyl (C=O) groups excluding carboxylic acids is 1. The van der Waals surface area contributed by atoms with Gasteiger partial charge in [0.25, 0.3) is 0 Å². The molecule has 0 aliphatic carbocycles. The molecule has 174 valence electrons. The minimum Gasteiger partial charge on any atom is -0.367 e. The van der Waals surface area contributed by atoms with E-state index in [-0.39, 0.29) is 21.7 Å². The van der Waals surface area contributed by atoms with Crippen molar-refractivity contribution >= 4 is 42.6 Å². The second-order valence-corrected chi connectivity index (χ2v) is 12.2. The van der Waals surface area contributed by atoms with Crippen molar-refractivity contribution in [2.45, 2.75) is 49.3 Å². The molecule has 0 saturated carbocycles. The summed E-state index contributed by atoms with van der Waals surface area (Å²) < 4.78 is 26.9. The molecule has 3 aromatic rings. The van der Waals surface area contributed by atoms with E-state index in [4.69, 9.17) is 4.84 Å². The first-order chi connectivity index (χ1) is 15.6. The molecule has 0 N–H and O–H groups in total. The van der Waals surface area contributed by atoms with Gasteiger partial charge in [0.2, 0.25) is 9.84 Å². The lowest BCUT2D eigenvalue weighted by Gasteiger charge is -2.32. The second kappa shape index (κ2) is 9.16. The molecular formula is C25H27BrN2O4S. The summed E-state index contributed by atoms with van der Waals surface area (Å²) in [5.74, 6) is 0.0327. The molecule has 0 spiro atoms. The van der Waals surface area contributed by atoms with Gasteiger partial charge in [-0.3, -0.25) is 4.98 Å². The largest absolute Gasteiger partial charge is 0.367 e. The fraction of sp³-hybridized carbons (Fsp3) is 0.360. The zero-order valence-electron chi connectivity index (χ0n) is 18.9. The topological polar surface area (TPSA) is 76.6 Å². The average Bonchev–Trinajstić information content (AvgIpc) is 2.78. The van der Waals surface area contributed by atoms with Crippen LogP contribution in [0.4, 0.5) is 0 Å². The van der Waals surface area contributed by atoms with E-state index in [9.17, 15) is 13.2 Å². The van der Waals surface area contributed by atoms with Crippen LogP contribution in [0, 0.1) is 5.41 Å².